The number of nitrogens with zero attached hydrogens (tertiary/aromatic N) is 2. The highest BCUT2D eigenvalue weighted by atomic mass is 16.5. The van der Waals surface area contributed by atoms with Crippen molar-refractivity contribution in [2.24, 2.45) is 5.92 Å². The molecular formula is C27H22N2O5. The summed E-state index contributed by atoms with van der Waals surface area (Å²) in [6.45, 7) is 4.20. The minimum atomic E-state index is -0.580. The Morgan fingerprint density at radius 1 is 0.853 bits per heavy atom. The first-order valence-electron chi connectivity index (χ1n) is 11.0. The minimum absolute atomic E-state index is 0.0827. The number of aryl methyl sites for hydroxylation is 1. The zero-order valence-electron chi connectivity index (χ0n) is 18.8. The van der Waals surface area contributed by atoms with Crippen LogP contribution in [0.1, 0.15) is 38.3 Å². The van der Waals surface area contributed by atoms with Gasteiger partial charge in [-0.25, -0.2) is 4.90 Å². The van der Waals surface area contributed by atoms with E-state index in [0.29, 0.717) is 16.8 Å². The van der Waals surface area contributed by atoms with Crippen molar-refractivity contribution >= 4 is 35.1 Å². The summed E-state index contributed by atoms with van der Waals surface area (Å²) in [5, 5.41) is 0. The average Bonchev–Trinajstić information content (AvgIpc) is 3.34. The predicted octanol–water partition coefficient (Wildman–Crippen LogP) is 4.06. The average molecular weight is 454 g/mol. The Bertz CT molecular complexity index is 1310. The van der Waals surface area contributed by atoms with Crippen molar-refractivity contribution in [2.75, 3.05) is 16.3 Å². The molecule has 1 atom stereocenters. The molecule has 0 N–H and O–H groups in total. The predicted molar refractivity (Wildman–Crippen MR) is 126 cm³/mol. The first kappa shape index (κ1) is 21.6. The van der Waals surface area contributed by atoms with E-state index in [9.17, 15) is 19.2 Å². The van der Waals surface area contributed by atoms with E-state index in [4.69, 9.17) is 4.74 Å². The second-order valence-electron chi connectivity index (χ2n) is 8.53. The molecule has 0 saturated carbocycles. The molecular weight excluding hydrogens is 432 g/mol. The maximum atomic E-state index is 12.8. The van der Waals surface area contributed by atoms with Gasteiger partial charge in [-0.05, 0) is 67.4 Å². The number of hydrogen-bond donors (Lipinski definition) is 0. The van der Waals surface area contributed by atoms with E-state index in [1.165, 1.54) is 12.1 Å². The van der Waals surface area contributed by atoms with E-state index >= 15 is 0 Å². The maximum Gasteiger partial charge on any atom is 0.316 e. The van der Waals surface area contributed by atoms with Gasteiger partial charge >= 0.3 is 5.97 Å². The molecule has 3 aromatic rings. The van der Waals surface area contributed by atoms with Gasteiger partial charge in [-0.2, -0.15) is 0 Å². The van der Waals surface area contributed by atoms with E-state index in [0.717, 1.165) is 21.7 Å². The first-order chi connectivity index (χ1) is 16.3. The number of fused-ring (bicyclic) bond motifs is 1. The van der Waals surface area contributed by atoms with E-state index in [1.54, 1.807) is 41.3 Å². The Kier molecular flexibility index (Phi) is 5.24. The molecule has 2 heterocycles. The molecule has 0 unspecified atom stereocenters. The molecule has 3 amide bonds. The molecule has 0 radical (unpaired) electrons. The normalized spacial score (nSPS) is 17.4. The zero-order chi connectivity index (χ0) is 24.0. The largest absolute Gasteiger partial charge is 0.426 e. The Balaban J connectivity index is 1.27. The molecule has 0 spiro atoms. The lowest BCUT2D eigenvalue weighted by molar-refractivity contribution is -0.139. The van der Waals surface area contributed by atoms with Crippen molar-refractivity contribution in [1.29, 1.82) is 0 Å². The summed E-state index contributed by atoms with van der Waals surface area (Å²) in [7, 11) is 0. The Hall–Kier alpha value is -4.26. The van der Waals surface area contributed by atoms with Crippen molar-refractivity contribution in [3.05, 3.63) is 89.0 Å². The van der Waals surface area contributed by atoms with Crippen LogP contribution < -0.4 is 14.5 Å². The molecule has 0 aromatic heterocycles. The number of esters is 1. The van der Waals surface area contributed by atoms with Crippen molar-refractivity contribution in [2.45, 2.75) is 20.3 Å². The number of amides is 3. The lowest BCUT2D eigenvalue weighted by atomic mass is 10.1. The summed E-state index contributed by atoms with van der Waals surface area (Å²) in [5.74, 6) is -1.68. The first-order valence-corrected chi connectivity index (χ1v) is 11.0. The van der Waals surface area contributed by atoms with E-state index in [2.05, 4.69) is 0 Å². The van der Waals surface area contributed by atoms with Crippen LogP contribution in [0.15, 0.2) is 66.7 Å². The standard InChI is InChI=1S/C27H22N2O5/c1-16-6-5-9-23(17(16)2)28-15-18(14-24(28)30)27(33)34-20-12-10-19(11-13-20)29-25(31)21-7-3-4-8-22(21)26(29)32/h3-13,18H,14-15H2,1-2H3/t18-/m0/s1. The summed E-state index contributed by atoms with van der Waals surface area (Å²) in [6.07, 6.45) is 0.0827. The summed E-state index contributed by atoms with van der Waals surface area (Å²) in [6, 6.07) is 18.6. The Morgan fingerprint density at radius 2 is 1.50 bits per heavy atom. The van der Waals surface area contributed by atoms with Gasteiger partial charge in [0.25, 0.3) is 11.8 Å². The molecule has 1 saturated heterocycles. The van der Waals surface area contributed by atoms with Crippen molar-refractivity contribution in [1.82, 2.24) is 0 Å². The van der Waals surface area contributed by atoms with Crippen LogP contribution in [0.2, 0.25) is 0 Å². The fraction of sp³-hybridized carbons (Fsp3) is 0.185. The quantitative estimate of drug-likeness (QED) is 0.337. The molecule has 3 aromatic carbocycles. The highest BCUT2D eigenvalue weighted by Gasteiger charge is 2.38. The van der Waals surface area contributed by atoms with Crippen molar-refractivity contribution in [3.63, 3.8) is 0 Å². The number of carbonyl (C=O) groups excluding carboxylic acids is 4. The van der Waals surface area contributed by atoms with Gasteiger partial charge in [-0.1, -0.05) is 24.3 Å². The second kappa shape index (κ2) is 8.26. The molecule has 170 valence electrons. The third-order valence-electron chi connectivity index (χ3n) is 6.43. The highest BCUT2D eigenvalue weighted by molar-refractivity contribution is 6.34. The van der Waals surface area contributed by atoms with E-state index in [-0.39, 0.29) is 36.4 Å². The van der Waals surface area contributed by atoms with Crippen LogP contribution in [0.25, 0.3) is 0 Å². The molecule has 0 bridgehead atoms. The summed E-state index contributed by atoms with van der Waals surface area (Å²) < 4.78 is 5.51. The Labute approximate surface area is 196 Å². The monoisotopic (exact) mass is 454 g/mol. The van der Waals surface area contributed by atoms with E-state index in [1.807, 2.05) is 32.0 Å². The number of imide groups is 1. The minimum Gasteiger partial charge on any atom is -0.426 e. The number of ether oxygens (including phenoxy) is 1. The van der Waals surface area contributed by atoms with Gasteiger partial charge in [-0.3, -0.25) is 19.2 Å². The summed E-state index contributed by atoms with van der Waals surface area (Å²) in [4.78, 5) is 53.4. The highest BCUT2D eigenvalue weighted by Crippen LogP contribution is 2.32. The van der Waals surface area contributed by atoms with Crippen LogP contribution in [-0.4, -0.2) is 30.2 Å². The van der Waals surface area contributed by atoms with Gasteiger partial charge in [0.1, 0.15) is 5.75 Å². The molecule has 7 heteroatoms. The lowest BCUT2D eigenvalue weighted by Crippen LogP contribution is -2.29. The second-order valence-corrected chi connectivity index (χ2v) is 8.53. The molecule has 7 nitrogen and oxygen atoms in total. The Morgan fingerprint density at radius 3 is 2.15 bits per heavy atom. The van der Waals surface area contributed by atoms with Crippen LogP contribution in [0.5, 0.6) is 5.75 Å². The lowest BCUT2D eigenvalue weighted by Gasteiger charge is -2.20. The molecule has 34 heavy (non-hydrogen) atoms. The third-order valence-corrected chi connectivity index (χ3v) is 6.43. The molecule has 2 aliphatic rings. The van der Waals surface area contributed by atoms with Gasteiger partial charge < -0.3 is 9.64 Å². The van der Waals surface area contributed by atoms with Crippen LogP contribution in [0.4, 0.5) is 11.4 Å². The zero-order valence-corrected chi connectivity index (χ0v) is 18.8. The SMILES string of the molecule is Cc1cccc(N2C[C@@H](C(=O)Oc3ccc(N4C(=O)c5ccccc5C4=O)cc3)CC2=O)c1C. The van der Waals surface area contributed by atoms with Gasteiger partial charge in [0.2, 0.25) is 5.91 Å². The fourth-order valence-electron chi connectivity index (χ4n) is 4.41. The summed E-state index contributed by atoms with van der Waals surface area (Å²) >= 11 is 0. The van der Waals surface area contributed by atoms with Gasteiger partial charge in [0.05, 0.1) is 22.7 Å². The molecule has 0 aliphatic carbocycles. The van der Waals surface area contributed by atoms with Crippen molar-refractivity contribution < 1.29 is 23.9 Å². The molecule has 1 fully saturated rings. The van der Waals surface area contributed by atoms with Crippen LogP contribution >= 0.6 is 0 Å². The smallest absolute Gasteiger partial charge is 0.316 e. The number of benzene rings is 3. The summed E-state index contributed by atoms with van der Waals surface area (Å²) in [5.41, 5.74) is 4.02. The third kappa shape index (κ3) is 3.55. The topological polar surface area (TPSA) is 84.0 Å². The molecule has 5 rings (SSSR count). The number of anilines is 2. The van der Waals surface area contributed by atoms with Gasteiger partial charge in [0, 0.05) is 18.7 Å². The van der Waals surface area contributed by atoms with Crippen LogP contribution in [-0.2, 0) is 9.59 Å². The number of hydrogen-bond acceptors (Lipinski definition) is 5. The van der Waals surface area contributed by atoms with E-state index < -0.39 is 11.9 Å². The van der Waals surface area contributed by atoms with Crippen LogP contribution in [0.3, 0.4) is 0 Å². The number of rotatable bonds is 4. The van der Waals surface area contributed by atoms with Gasteiger partial charge in [0.15, 0.2) is 0 Å². The number of carbonyl (C=O) groups is 4. The fourth-order valence-corrected chi connectivity index (χ4v) is 4.41. The molecule has 2 aliphatic heterocycles. The van der Waals surface area contributed by atoms with Crippen LogP contribution in [0, 0.1) is 19.8 Å². The maximum absolute atomic E-state index is 12.8. The van der Waals surface area contributed by atoms with Gasteiger partial charge in [-0.15, -0.1) is 0 Å². The van der Waals surface area contributed by atoms with Crippen molar-refractivity contribution in [3.8, 4) is 5.75 Å².